The van der Waals surface area contributed by atoms with Crippen LogP contribution in [-0.2, 0) is 14.3 Å². The number of ketones is 2. The Morgan fingerprint density at radius 2 is 1.93 bits per heavy atom. The van der Waals surface area contributed by atoms with Gasteiger partial charge in [-0.2, -0.15) is 0 Å². The van der Waals surface area contributed by atoms with Crippen LogP contribution in [0.15, 0.2) is 12.2 Å². The van der Waals surface area contributed by atoms with Crippen molar-refractivity contribution in [1.29, 1.82) is 0 Å². The summed E-state index contributed by atoms with van der Waals surface area (Å²) in [6.45, 7) is 1.77. The van der Waals surface area contributed by atoms with E-state index in [1.807, 2.05) is 0 Å². The summed E-state index contributed by atoms with van der Waals surface area (Å²) in [5.41, 5.74) is -0.753. The second-order valence-electron chi connectivity index (χ2n) is 5.37. The first kappa shape index (κ1) is 8.22. The van der Waals surface area contributed by atoms with Gasteiger partial charge < -0.3 is 4.74 Å². The van der Waals surface area contributed by atoms with Gasteiger partial charge in [-0.1, -0.05) is 12.2 Å². The third-order valence-electron chi connectivity index (χ3n) is 4.64. The maximum atomic E-state index is 12.2. The maximum absolute atomic E-state index is 12.2. The normalized spacial score (nSPS) is 59.4. The van der Waals surface area contributed by atoms with Gasteiger partial charge in [-0.25, -0.2) is 0 Å². The van der Waals surface area contributed by atoms with Crippen LogP contribution in [0.3, 0.4) is 0 Å². The van der Waals surface area contributed by atoms with Gasteiger partial charge in [0.05, 0.1) is 0 Å². The molecular formula is C12H12O3. The van der Waals surface area contributed by atoms with Crippen LogP contribution >= 0.6 is 0 Å². The Balaban J connectivity index is 1.85. The van der Waals surface area contributed by atoms with Gasteiger partial charge in [0.1, 0.15) is 0 Å². The number of rotatable bonds is 0. The van der Waals surface area contributed by atoms with E-state index < -0.39 is 11.7 Å². The molecule has 2 saturated carbocycles. The minimum atomic E-state index is -0.753. The molecule has 4 rings (SSSR count). The van der Waals surface area contributed by atoms with Crippen LogP contribution in [0.4, 0.5) is 0 Å². The highest BCUT2D eigenvalue weighted by Crippen LogP contribution is 2.58. The second kappa shape index (κ2) is 2.09. The molecule has 3 aliphatic carbocycles. The highest BCUT2D eigenvalue weighted by molar-refractivity contribution is 6.09. The molecule has 78 valence electrons. The Bertz CT molecular complexity index is 425. The highest BCUT2D eigenvalue weighted by atomic mass is 16.6. The van der Waals surface area contributed by atoms with Crippen molar-refractivity contribution in [1.82, 2.24) is 0 Å². The van der Waals surface area contributed by atoms with Crippen molar-refractivity contribution in [3.8, 4) is 0 Å². The van der Waals surface area contributed by atoms with Crippen molar-refractivity contribution < 1.29 is 14.3 Å². The van der Waals surface area contributed by atoms with E-state index in [4.69, 9.17) is 4.74 Å². The second-order valence-corrected chi connectivity index (χ2v) is 5.37. The van der Waals surface area contributed by atoms with E-state index in [-0.39, 0.29) is 23.4 Å². The van der Waals surface area contributed by atoms with Crippen molar-refractivity contribution in [2.75, 3.05) is 0 Å². The number of hydrogen-bond donors (Lipinski definition) is 0. The summed E-state index contributed by atoms with van der Waals surface area (Å²) in [7, 11) is 0. The van der Waals surface area contributed by atoms with E-state index in [2.05, 4.69) is 12.2 Å². The SMILES string of the molecule is C[C@]12O[C@@H]1C(=O)[C@@H]1[C@@H](C2=O)[C@H]2C=C[C@H]1C2. The van der Waals surface area contributed by atoms with Gasteiger partial charge in [-0.15, -0.1) is 0 Å². The molecule has 0 aromatic heterocycles. The fourth-order valence-corrected chi connectivity index (χ4v) is 3.80. The first-order chi connectivity index (χ1) is 7.13. The van der Waals surface area contributed by atoms with Crippen LogP contribution in [0.1, 0.15) is 13.3 Å². The molecular weight excluding hydrogens is 192 g/mol. The summed E-state index contributed by atoms with van der Waals surface area (Å²) in [6, 6.07) is 0. The van der Waals surface area contributed by atoms with Gasteiger partial charge in [0.2, 0.25) is 0 Å². The van der Waals surface area contributed by atoms with Gasteiger partial charge in [-0.05, 0) is 25.2 Å². The Kier molecular flexibility index (Phi) is 1.15. The van der Waals surface area contributed by atoms with Gasteiger partial charge in [0.15, 0.2) is 23.3 Å². The van der Waals surface area contributed by atoms with Gasteiger partial charge in [0.25, 0.3) is 0 Å². The average Bonchev–Trinajstić information content (AvgIpc) is 2.64. The standard InChI is InChI=1S/C12H12O3/c1-12-10(14)8-6-3-2-5(4-6)7(8)9(13)11(12)15-12/h2-3,5-8,11H,4H2,1H3/t5-,6-,7-,8-,11+,12+/m0/s1. The lowest BCUT2D eigenvalue weighted by atomic mass is 9.68. The van der Waals surface area contributed by atoms with Crippen LogP contribution < -0.4 is 0 Å². The highest BCUT2D eigenvalue weighted by Gasteiger charge is 2.72. The van der Waals surface area contributed by atoms with Crippen molar-refractivity contribution >= 4 is 11.6 Å². The smallest absolute Gasteiger partial charge is 0.171 e. The Morgan fingerprint density at radius 1 is 1.27 bits per heavy atom. The van der Waals surface area contributed by atoms with Crippen LogP contribution in [0.2, 0.25) is 0 Å². The quantitative estimate of drug-likeness (QED) is 0.432. The zero-order valence-electron chi connectivity index (χ0n) is 8.47. The molecule has 6 atom stereocenters. The summed E-state index contributed by atoms with van der Waals surface area (Å²) >= 11 is 0. The number of fused-ring (bicyclic) bond motifs is 6. The first-order valence-corrected chi connectivity index (χ1v) is 5.57. The number of allylic oxidation sites excluding steroid dienone is 2. The zero-order valence-corrected chi connectivity index (χ0v) is 8.47. The predicted octanol–water partition coefficient (Wildman–Crippen LogP) is 0.734. The number of Topliss-reactive ketones (excluding diaryl/α,β-unsaturated/α-hetero) is 2. The molecule has 4 aliphatic rings. The minimum absolute atomic E-state index is 0.0620. The number of carbonyl (C=O) groups excluding carboxylic acids is 2. The Hall–Kier alpha value is -0.960. The largest absolute Gasteiger partial charge is 0.350 e. The topological polar surface area (TPSA) is 46.7 Å². The summed E-state index contributed by atoms with van der Waals surface area (Å²) in [4.78, 5) is 24.3. The fourth-order valence-electron chi connectivity index (χ4n) is 3.80. The van der Waals surface area contributed by atoms with Gasteiger partial charge >= 0.3 is 0 Å². The monoisotopic (exact) mass is 204 g/mol. The summed E-state index contributed by atoms with van der Waals surface area (Å²) in [5.74, 6) is 0.834. The molecule has 0 unspecified atom stereocenters. The molecule has 3 fully saturated rings. The molecule has 3 heteroatoms. The van der Waals surface area contributed by atoms with Gasteiger partial charge in [-0.3, -0.25) is 9.59 Å². The molecule has 3 nitrogen and oxygen atoms in total. The van der Waals surface area contributed by atoms with E-state index in [1.165, 1.54) is 0 Å². The van der Waals surface area contributed by atoms with E-state index in [0.717, 1.165) is 6.42 Å². The van der Waals surface area contributed by atoms with Crippen LogP contribution in [0.25, 0.3) is 0 Å². The van der Waals surface area contributed by atoms with Crippen molar-refractivity contribution in [2.24, 2.45) is 23.7 Å². The molecule has 0 aromatic rings. The maximum Gasteiger partial charge on any atom is 0.171 e. The lowest BCUT2D eigenvalue weighted by Gasteiger charge is -2.30. The molecule has 0 N–H and O–H groups in total. The summed E-state index contributed by atoms with van der Waals surface area (Å²) in [5, 5.41) is 0. The van der Waals surface area contributed by atoms with Crippen LogP contribution in [0.5, 0.6) is 0 Å². The Labute approximate surface area is 87.5 Å². The van der Waals surface area contributed by atoms with E-state index in [1.54, 1.807) is 6.92 Å². The number of ether oxygens (including phenoxy) is 1. The zero-order chi connectivity index (χ0) is 10.4. The summed E-state index contributed by atoms with van der Waals surface area (Å²) < 4.78 is 5.32. The predicted molar refractivity (Wildman–Crippen MR) is 51.0 cm³/mol. The lowest BCUT2D eigenvalue weighted by molar-refractivity contribution is -0.138. The average molecular weight is 204 g/mol. The minimum Gasteiger partial charge on any atom is -0.350 e. The summed E-state index contributed by atoms with van der Waals surface area (Å²) in [6.07, 6.45) is 4.81. The van der Waals surface area contributed by atoms with E-state index >= 15 is 0 Å². The molecule has 1 aliphatic heterocycles. The number of hydrogen-bond acceptors (Lipinski definition) is 3. The number of epoxide rings is 1. The fraction of sp³-hybridized carbons (Fsp3) is 0.667. The molecule has 0 amide bonds. The van der Waals surface area contributed by atoms with Crippen molar-refractivity contribution in [3.63, 3.8) is 0 Å². The molecule has 0 spiro atoms. The molecule has 2 bridgehead atoms. The number of carbonyl (C=O) groups is 2. The van der Waals surface area contributed by atoms with Crippen molar-refractivity contribution in [3.05, 3.63) is 12.2 Å². The Morgan fingerprint density at radius 3 is 2.67 bits per heavy atom. The molecule has 15 heavy (non-hydrogen) atoms. The van der Waals surface area contributed by atoms with Crippen LogP contribution in [-0.4, -0.2) is 23.3 Å². The first-order valence-electron chi connectivity index (χ1n) is 5.57. The molecule has 0 aromatic carbocycles. The van der Waals surface area contributed by atoms with Crippen LogP contribution in [0, 0.1) is 23.7 Å². The lowest BCUT2D eigenvalue weighted by Crippen LogP contribution is -2.47. The molecule has 1 saturated heterocycles. The van der Waals surface area contributed by atoms with Gasteiger partial charge in [0, 0.05) is 11.8 Å². The molecule has 0 radical (unpaired) electrons. The third-order valence-corrected chi connectivity index (χ3v) is 4.64. The van der Waals surface area contributed by atoms with Crippen molar-refractivity contribution in [2.45, 2.75) is 25.0 Å². The van der Waals surface area contributed by atoms with E-state index in [0.29, 0.717) is 11.8 Å². The molecule has 1 heterocycles. The van der Waals surface area contributed by atoms with E-state index in [9.17, 15) is 9.59 Å². The third kappa shape index (κ3) is 0.718.